The van der Waals surface area contributed by atoms with Crippen molar-refractivity contribution in [3.63, 3.8) is 0 Å². The molecule has 2 N–H and O–H groups in total. The van der Waals surface area contributed by atoms with Crippen molar-refractivity contribution in [1.82, 2.24) is 5.32 Å². The van der Waals surface area contributed by atoms with Gasteiger partial charge in [-0.1, -0.05) is 12.1 Å². The second-order valence-corrected chi connectivity index (χ2v) is 5.93. The Morgan fingerprint density at radius 2 is 2.20 bits per heavy atom. The van der Waals surface area contributed by atoms with E-state index < -0.39 is 6.10 Å². The fourth-order valence-electron chi connectivity index (χ4n) is 2.60. The van der Waals surface area contributed by atoms with E-state index in [1.807, 2.05) is 35.9 Å². The zero-order valence-electron chi connectivity index (χ0n) is 11.3. The highest BCUT2D eigenvalue weighted by Crippen LogP contribution is 2.29. The van der Waals surface area contributed by atoms with E-state index in [1.165, 1.54) is 0 Å². The number of rotatable bonds is 2. The lowest BCUT2D eigenvalue weighted by Crippen LogP contribution is -2.22. The minimum Gasteiger partial charge on any atom is -0.384 e. The lowest BCUT2D eigenvalue weighted by Gasteiger charge is -2.14. The SMILES string of the molecule is Cc1cscc1C(O)c1ccc2c(c1)C(=O)NCCC2. The second kappa shape index (κ2) is 5.38. The summed E-state index contributed by atoms with van der Waals surface area (Å²) >= 11 is 1.58. The zero-order chi connectivity index (χ0) is 14.1. The molecule has 104 valence electrons. The summed E-state index contributed by atoms with van der Waals surface area (Å²) in [5.74, 6) is -0.0337. The van der Waals surface area contributed by atoms with Gasteiger partial charge in [-0.25, -0.2) is 0 Å². The minimum atomic E-state index is -0.664. The smallest absolute Gasteiger partial charge is 0.251 e. The van der Waals surface area contributed by atoms with Gasteiger partial charge in [0, 0.05) is 12.1 Å². The molecule has 4 heteroatoms. The molecule has 0 radical (unpaired) electrons. The van der Waals surface area contributed by atoms with Crippen molar-refractivity contribution in [3.05, 3.63) is 56.8 Å². The van der Waals surface area contributed by atoms with Gasteiger partial charge < -0.3 is 10.4 Å². The summed E-state index contributed by atoms with van der Waals surface area (Å²) in [6.45, 7) is 2.71. The Labute approximate surface area is 122 Å². The van der Waals surface area contributed by atoms with E-state index in [0.717, 1.165) is 41.6 Å². The Morgan fingerprint density at radius 1 is 1.35 bits per heavy atom. The Morgan fingerprint density at radius 3 is 2.95 bits per heavy atom. The standard InChI is InChI=1S/C16H17NO2S/c1-10-8-20-9-14(10)15(18)12-5-4-11-3-2-6-17-16(19)13(11)7-12/h4-5,7-9,15,18H,2-3,6H2,1H3,(H,17,19). The number of nitrogens with one attached hydrogen (secondary N) is 1. The fraction of sp³-hybridized carbons (Fsp3) is 0.312. The molecule has 3 rings (SSSR count). The quantitative estimate of drug-likeness (QED) is 0.892. The maximum atomic E-state index is 12.0. The minimum absolute atomic E-state index is 0.0337. The predicted molar refractivity (Wildman–Crippen MR) is 80.2 cm³/mol. The number of amides is 1. The van der Waals surface area contributed by atoms with Gasteiger partial charge in [-0.15, -0.1) is 0 Å². The van der Waals surface area contributed by atoms with Crippen LogP contribution in [0.25, 0.3) is 0 Å². The van der Waals surface area contributed by atoms with E-state index in [9.17, 15) is 9.90 Å². The highest BCUT2D eigenvalue weighted by atomic mass is 32.1. The molecule has 1 aromatic carbocycles. The number of thiophene rings is 1. The molecule has 2 aromatic rings. The van der Waals surface area contributed by atoms with Crippen LogP contribution in [0.4, 0.5) is 0 Å². The summed E-state index contributed by atoms with van der Waals surface area (Å²) in [5.41, 5.74) is 4.55. The van der Waals surface area contributed by atoms with Crippen LogP contribution in [0, 0.1) is 6.92 Å². The molecule has 3 nitrogen and oxygen atoms in total. The first kappa shape index (κ1) is 13.3. The molecule has 1 aliphatic rings. The molecule has 0 bridgehead atoms. The average molecular weight is 287 g/mol. The van der Waals surface area contributed by atoms with Gasteiger partial charge in [0.25, 0.3) is 5.91 Å². The molecular weight excluding hydrogens is 270 g/mol. The third kappa shape index (κ3) is 2.37. The van der Waals surface area contributed by atoms with Gasteiger partial charge in [0.05, 0.1) is 0 Å². The lowest BCUT2D eigenvalue weighted by atomic mass is 9.95. The van der Waals surface area contributed by atoms with E-state index in [2.05, 4.69) is 5.32 Å². The summed E-state index contributed by atoms with van der Waals surface area (Å²) in [6, 6.07) is 5.73. The number of benzene rings is 1. The lowest BCUT2D eigenvalue weighted by molar-refractivity contribution is 0.0956. The molecule has 1 aromatic heterocycles. The van der Waals surface area contributed by atoms with Crippen molar-refractivity contribution in [2.24, 2.45) is 0 Å². The van der Waals surface area contributed by atoms with Crippen LogP contribution < -0.4 is 5.32 Å². The normalized spacial score (nSPS) is 16.2. The van der Waals surface area contributed by atoms with E-state index >= 15 is 0 Å². The number of hydrogen-bond acceptors (Lipinski definition) is 3. The van der Waals surface area contributed by atoms with Crippen LogP contribution in [0.15, 0.2) is 29.0 Å². The molecule has 1 aliphatic heterocycles. The predicted octanol–water partition coefficient (Wildman–Crippen LogP) is 2.81. The molecule has 1 amide bonds. The molecule has 2 heterocycles. The van der Waals surface area contributed by atoms with Gasteiger partial charge in [0.1, 0.15) is 6.10 Å². The van der Waals surface area contributed by atoms with Crippen molar-refractivity contribution in [3.8, 4) is 0 Å². The molecule has 0 spiro atoms. The number of fused-ring (bicyclic) bond motifs is 1. The molecular formula is C16H17NO2S. The van der Waals surface area contributed by atoms with Crippen molar-refractivity contribution in [1.29, 1.82) is 0 Å². The number of carbonyl (C=O) groups excluding carboxylic acids is 1. The molecule has 0 saturated carbocycles. The van der Waals surface area contributed by atoms with E-state index in [0.29, 0.717) is 5.56 Å². The Bertz CT molecular complexity index is 648. The molecule has 0 aliphatic carbocycles. The number of aliphatic hydroxyl groups excluding tert-OH is 1. The summed E-state index contributed by atoms with van der Waals surface area (Å²) in [6.07, 6.45) is 1.20. The van der Waals surface area contributed by atoms with Crippen LogP contribution in [0.2, 0.25) is 0 Å². The topological polar surface area (TPSA) is 49.3 Å². The Balaban J connectivity index is 2.00. The highest BCUT2D eigenvalue weighted by Gasteiger charge is 2.19. The van der Waals surface area contributed by atoms with E-state index in [-0.39, 0.29) is 5.91 Å². The van der Waals surface area contributed by atoms with Gasteiger partial charge in [-0.2, -0.15) is 11.3 Å². The number of carbonyl (C=O) groups is 1. The van der Waals surface area contributed by atoms with Gasteiger partial charge in [0.15, 0.2) is 0 Å². The molecule has 0 saturated heterocycles. The fourth-order valence-corrected chi connectivity index (χ4v) is 3.47. The largest absolute Gasteiger partial charge is 0.384 e. The highest BCUT2D eigenvalue weighted by molar-refractivity contribution is 7.08. The zero-order valence-corrected chi connectivity index (χ0v) is 12.2. The monoisotopic (exact) mass is 287 g/mol. The van der Waals surface area contributed by atoms with Crippen molar-refractivity contribution in [2.45, 2.75) is 25.9 Å². The van der Waals surface area contributed by atoms with Gasteiger partial charge in [-0.05, 0) is 58.8 Å². The number of hydrogen-bond donors (Lipinski definition) is 2. The number of aliphatic hydroxyl groups is 1. The van der Waals surface area contributed by atoms with Crippen LogP contribution in [0.3, 0.4) is 0 Å². The summed E-state index contributed by atoms with van der Waals surface area (Å²) in [5, 5.41) is 17.4. The van der Waals surface area contributed by atoms with Crippen LogP contribution in [0.1, 0.15) is 45.1 Å². The van der Waals surface area contributed by atoms with Crippen LogP contribution >= 0.6 is 11.3 Å². The van der Waals surface area contributed by atoms with Gasteiger partial charge in [-0.3, -0.25) is 4.79 Å². The summed E-state index contributed by atoms with van der Waals surface area (Å²) in [7, 11) is 0. The summed E-state index contributed by atoms with van der Waals surface area (Å²) < 4.78 is 0. The van der Waals surface area contributed by atoms with E-state index in [4.69, 9.17) is 0 Å². The van der Waals surface area contributed by atoms with Crippen molar-refractivity contribution >= 4 is 17.2 Å². The van der Waals surface area contributed by atoms with E-state index in [1.54, 1.807) is 11.3 Å². The molecule has 1 atom stereocenters. The number of aryl methyl sites for hydroxylation is 2. The maximum Gasteiger partial charge on any atom is 0.251 e. The first-order valence-electron chi connectivity index (χ1n) is 6.78. The van der Waals surface area contributed by atoms with Crippen LogP contribution in [-0.2, 0) is 6.42 Å². The maximum absolute atomic E-state index is 12.0. The third-order valence-corrected chi connectivity index (χ3v) is 4.67. The molecule has 1 unspecified atom stereocenters. The molecule has 20 heavy (non-hydrogen) atoms. The van der Waals surface area contributed by atoms with Crippen LogP contribution in [0.5, 0.6) is 0 Å². The van der Waals surface area contributed by atoms with Crippen LogP contribution in [-0.4, -0.2) is 17.6 Å². The Kier molecular flexibility index (Phi) is 3.59. The van der Waals surface area contributed by atoms with Crippen molar-refractivity contribution < 1.29 is 9.90 Å². The average Bonchev–Trinajstić information content (AvgIpc) is 2.79. The van der Waals surface area contributed by atoms with Crippen molar-refractivity contribution in [2.75, 3.05) is 6.54 Å². The first-order chi connectivity index (χ1) is 9.66. The van der Waals surface area contributed by atoms with Gasteiger partial charge >= 0.3 is 0 Å². The van der Waals surface area contributed by atoms with Gasteiger partial charge in [0.2, 0.25) is 0 Å². The molecule has 0 fully saturated rings. The Hall–Kier alpha value is -1.65. The third-order valence-electron chi connectivity index (χ3n) is 3.79. The second-order valence-electron chi connectivity index (χ2n) is 5.19. The first-order valence-corrected chi connectivity index (χ1v) is 7.73. The summed E-state index contributed by atoms with van der Waals surface area (Å²) in [4.78, 5) is 12.0.